The zero-order chi connectivity index (χ0) is 13.2. The maximum absolute atomic E-state index is 13.8. The lowest BCUT2D eigenvalue weighted by Gasteiger charge is -2.07. The molecule has 5 heteroatoms. The normalized spacial score (nSPS) is 10.6. The smallest absolute Gasteiger partial charge is 0.186 e. The molecule has 0 bridgehead atoms. The van der Waals surface area contributed by atoms with Crippen molar-refractivity contribution in [3.63, 3.8) is 0 Å². The molecule has 0 aromatic carbocycles. The summed E-state index contributed by atoms with van der Waals surface area (Å²) in [6.45, 7) is 2.66. The molecule has 1 aromatic rings. The molecule has 0 aliphatic heterocycles. The Bertz CT molecular complexity index is 347. The molecular formula is C13H22FN3S. The van der Waals surface area contributed by atoms with E-state index < -0.39 is 0 Å². The van der Waals surface area contributed by atoms with E-state index in [1.54, 1.807) is 0 Å². The first kappa shape index (κ1) is 15.2. The standard InChI is InChI=1S/C13H22FN3S/c1-3-11-12(14)13(17-10-16-11)15-8-6-4-5-7-9-18-2/h10H,3-9H2,1-2H3,(H,15,16,17). The third-order valence-electron chi connectivity index (χ3n) is 2.76. The van der Waals surface area contributed by atoms with Crippen LogP contribution < -0.4 is 5.32 Å². The molecule has 0 amide bonds. The second kappa shape index (κ2) is 9.14. The average molecular weight is 271 g/mol. The van der Waals surface area contributed by atoms with Crippen LogP contribution in [0.15, 0.2) is 6.33 Å². The van der Waals surface area contributed by atoms with E-state index in [-0.39, 0.29) is 5.82 Å². The van der Waals surface area contributed by atoms with Crippen molar-refractivity contribution in [2.75, 3.05) is 23.9 Å². The van der Waals surface area contributed by atoms with E-state index >= 15 is 0 Å². The van der Waals surface area contributed by atoms with Gasteiger partial charge in [0.2, 0.25) is 0 Å². The van der Waals surface area contributed by atoms with Gasteiger partial charge in [-0.1, -0.05) is 19.8 Å². The van der Waals surface area contributed by atoms with Crippen LogP contribution in [0.25, 0.3) is 0 Å². The fraction of sp³-hybridized carbons (Fsp3) is 0.692. The molecule has 102 valence electrons. The number of nitrogens with zero attached hydrogens (tertiary/aromatic N) is 2. The summed E-state index contributed by atoms with van der Waals surface area (Å²) in [5.74, 6) is 1.27. The van der Waals surface area contributed by atoms with Crippen molar-refractivity contribution in [3.8, 4) is 0 Å². The number of nitrogens with one attached hydrogen (secondary N) is 1. The summed E-state index contributed by atoms with van der Waals surface area (Å²) in [7, 11) is 0. The molecule has 0 radical (unpaired) electrons. The molecule has 0 spiro atoms. The highest BCUT2D eigenvalue weighted by molar-refractivity contribution is 7.98. The van der Waals surface area contributed by atoms with E-state index in [2.05, 4.69) is 21.5 Å². The first-order valence-electron chi connectivity index (χ1n) is 6.51. The first-order valence-corrected chi connectivity index (χ1v) is 7.91. The number of aryl methyl sites for hydroxylation is 1. The van der Waals surface area contributed by atoms with Crippen molar-refractivity contribution in [1.29, 1.82) is 0 Å². The number of thioether (sulfide) groups is 1. The second-order valence-corrected chi connectivity index (χ2v) is 5.16. The predicted octanol–water partition coefficient (Wildman–Crippen LogP) is 3.51. The minimum atomic E-state index is -0.303. The SMILES string of the molecule is CCc1ncnc(NCCCCCCSC)c1F. The summed E-state index contributed by atoms with van der Waals surface area (Å²) in [5, 5.41) is 3.05. The van der Waals surface area contributed by atoms with Crippen LogP contribution in [0.5, 0.6) is 0 Å². The van der Waals surface area contributed by atoms with E-state index in [9.17, 15) is 4.39 Å². The molecule has 1 heterocycles. The Kier molecular flexibility index (Phi) is 7.73. The minimum absolute atomic E-state index is 0.303. The summed E-state index contributed by atoms with van der Waals surface area (Å²) >= 11 is 1.89. The molecule has 0 saturated heterocycles. The monoisotopic (exact) mass is 271 g/mol. The van der Waals surface area contributed by atoms with Crippen molar-refractivity contribution in [2.45, 2.75) is 39.0 Å². The van der Waals surface area contributed by atoms with E-state index in [4.69, 9.17) is 0 Å². The van der Waals surface area contributed by atoms with E-state index in [1.165, 1.54) is 31.3 Å². The zero-order valence-electron chi connectivity index (χ0n) is 11.2. The van der Waals surface area contributed by atoms with Gasteiger partial charge in [-0.3, -0.25) is 0 Å². The fourth-order valence-corrected chi connectivity index (χ4v) is 2.20. The highest BCUT2D eigenvalue weighted by Crippen LogP contribution is 2.13. The van der Waals surface area contributed by atoms with Crippen LogP contribution in [0, 0.1) is 5.82 Å². The Balaban J connectivity index is 2.23. The Morgan fingerprint density at radius 2 is 2.00 bits per heavy atom. The maximum atomic E-state index is 13.8. The molecule has 18 heavy (non-hydrogen) atoms. The van der Waals surface area contributed by atoms with Crippen molar-refractivity contribution in [2.24, 2.45) is 0 Å². The molecule has 0 saturated carbocycles. The third kappa shape index (κ3) is 5.21. The van der Waals surface area contributed by atoms with Crippen LogP contribution in [0.1, 0.15) is 38.3 Å². The highest BCUT2D eigenvalue weighted by atomic mass is 32.2. The summed E-state index contributed by atoms with van der Waals surface area (Å²) < 4.78 is 13.8. The fourth-order valence-electron chi connectivity index (χ4n) is 1.71. The van der Waals surface area contributed by atoms with Crippen LogP contribution in [0.3, 0.4) is 0 Å². The van der Waals surface area contributed by atoms with Crippen molar-refractivity contribution in [1.82, 2.24) is 9.97 Å². The lowest BCUT2D eigenvalue weighted by atomic mass is 10.2. The van der Waals surface area contributed by atoms with Gasteiger partial charge in [-0.15, -0.1) is 0 Å². The van der Waals surface area contributed by atoms with Crippen LogP contribution in [0.2, 0.25) is 0 Å². The summed E-state index contributed by atoms with van der Waals surface area (Å²) in [6, 6.07) is 0. The molecule has 1 aromatic heterocycles. The molecule has 0 unspecified atom stereocenters. The highest BCUT2D eigenvalue weighted by Gasteiger charge is 2.08. The van der Waals surface area contributed by atoms with Gasteiger partial charge in [0.15, 0.2) is 11.6 Å². The number of halogens is 1. The molecule has 0 fully saturated rings. The molecule has 3 nitrogen and oxygen atoms in total. The molecule has 1 N–H and O–H groups in total. The molecule has 0 aliphatic rings. The zero-order valence-corrected chi connectivity index (χ0v) is 12.0. The summed E-state index contributed by atoms with van der Waals surface area (Å²) in [4.78, 5) is 7.84. The number of unbranched alkanes of at least 4 members (excludes halogenated alkanes) is 3. The number of rotatable bonds is 9. The Labute approximate surface area is 113 Å². The van der Waals surface area contributed by atoms with Crippen molar-refractivity contribution < 1.29 is 4.39 Å². The predicted molar refractivity (Wildman–Crippen MR) is 76.7 cm³/mol. The third-order valence-corrected chi connectivity index (χ3v) is 3.46. The van der Waals surface area contributed by atoms with E-state index in [0.29, 0.717) is 17.9 Å². The van der Waals surface area contributed by atoms with Gasteiger partial charge < -0.3 is 5.32 Å². The number of hydrogen-bond donors (Lipinski definition) is 1. The molecular weight excluding hydrogens is 249 g/mol. The number of aromatic nitrogens is 2. The van der Waals surface area contributed by atoms with Gasteiger partial charge in [-0.25, -0.2) is 14.4 Å². The quantitative estimate of drug-likeness (QED) is 0.697. The van der Waals surface area contributed by atoms with Crippen LogP contribution in [-0.2, 0) is 6.42 Å². The summed E-state index contributed by atoms with van der Waals surface area (Å²) in [6.07, 6.45) is 8.89. The van der Waals surface area contributed by atoms with Gasteiger partial charge in [0.25, 0.3) is 0 Å². The van der Waals surface area contributed by atoms with Crippen LogP contribution in [0.4, 0.5) is 10.2 Å². The van der Waals surface area contributed by atoms with Gasteiger partial charge >= 0.3 is 0 Å². The Morgan fingerprint density at radius 3 is 2.72 bits per heavy atom. The molecule has 0 atom stereocenters. The molecule has 0 aliphatic carbocycles. The van der Waals surface area contributed by atoms with Crippen LogP contribution in [-0.4, -0.2) is 28.5 Å². The first-order chi connectivity index (χ1) is 8.79. The van der Waals surface area contributed by atoms with Gasteiger partial charge in [0.1, 0.15) is 6.33 Å². The minimum Gasteiger partial charge on any atom is -0.368 e. The van der Waals surface area contributed by atoms with Gasteiger partial charge in [0.05, 0.1) is 5.69 Å². The largest absolute Gasteiger partial charge is 0.368 e. The Morgan fingerprint density at radius 1 is 1.22 bits per heavy atom. The topological polar surface area (TPSA) is 37.8 Å². The number of hydrogen-bond acceptors (Lipinski definition) is 4. The lowest BCUT2D eigenvalue weighted by Crippen LogP contribution is -2.08. The van der Waals surface area contributed by atoms with Gasteiger partial charge in [0, 0.05) is 6.54 Å². The van der Waals surface area contributed by atoms with E-state index in [0.717, 1.165) is 13.0 Å². The Hall–Kier alpha value is -0.840. The molecule has 1 rings (SSSR count). The van der Waals surface area contributed by atoms with Crippen molar-refractivity contribution in [3.05, 3.63) is 17.8 Å². The second-order valence-electron chi connectivity index (χ2n) is 4.17. The van der Waals surface area contributed by atoms with Crippen molar-refractivity contribution >= 4 is 17.6 Å². The van der Waals surface area contributed by atoms with Gasteiger partial charge in [-0.05, 0) is 31.3 Å². The lowest BCUT2D eigenvalue weighted by molar-refractivity contribution is 0.595. The summed E-state index contributed by atoms with van der Waals surface area (Å²) in [5.41, 5.74) is 0.479. The van der Waals surface area contributed by atoms with Crippen LogP contribution >= 0.6 is 11.8 Å². The van der Waals surface area contributed by atoms with Gasteiger partial charge in [-0.2, -0.15) is 11.8 Å². The average Bonchev–Trinajstić information content (AvgIpc) is 2.39. The number of anilines is 1. The van der Waals surface area contributed by atoms with E-state index in [1.807, 2.05) is 18.7 Å². The maximum Gasteiger partial charge on any atom is 0.186 e.